The fourth-order valence-electron chi connectivity index (χ4n) is 2.68. The van der Waals surface area contributed by atoms with Crippen LogP contribution in [-0.4, -0.2) is 61.1 Å². The molecule has 6 heteroatoms. The van der Waals surface area contributed by atoms with Crippen LogP contribution in [0.4, 0.5) is 10.5 Å². The van der Waals surface area contributed by atoms with E-state index >= 15 is 0 Å². The van der Waals surface area contributed by atoms with E-state index in [-0.39, 0.29) is 12.0 Å². The summed E-state index contributed by atoms with van der Waals surface area (Å²) in [6.45, 7) is 7.87. The van der Waals surface area contributed by atoms with Crippen LogP contribution in [0.1, 0.15) is 25.8 Å². The summed E-state index contributed by atoms with van der Waals surface area (Å²) >= 11 is 0. The Hall–Kier alpha value is -2.08. The van der Waals surface area contributed by atoms with E-state index in [1.54, 1.807) is 4.90 Å². The van der Waals surface area contributed by atoms with E-state index in [1.165, 1.54) is 5.56 Å². The van der Waals surface area contributed by atoms with E-state index in [9.17, 15) is 9.59 Å². The first-order chi connectivity index (χ1) is 11.6. The number of carbonyl (C=O) groups excluding carboxylic acids is 2. The molecule has 24 heavy (non-hydrogen) atoms. The van der Waals surface area contributed by atoms with Crippen LogP contribution in [0, 0.1) is 0 Å². The largest absolute Gasteiger partial charge is 0.450 e. The van der Waals surface area contributed by atoms with Crippen molar-refractivity contribution in [2.24, 2.45) is 0 Å². The third kappa shape index (κ3) is 5.53. The number of nitrogens with zero attached hydrogens (tertiary/aromatic N) is 2. The molecule has 132 valence electrons. The summed E-state index contributed by atoms with van der Waals surface area (Å²) in [6.07, 6.45) is 1.20. The van der Waals surface area contributed by atoms with Gasteiger partial charge in [-0.25, -0.2) is 4.79 Å². The molecule has 6 nitrogen and oxygen atoms in total. The molecule has 0 spiro atoms. The van der Waals surface area contributed by atoms with E-state index in [1.807, 2.05) is 31.2 Å². The molecule has 0 aliphatic carbocycles. The van der Waals surface area contributed by atoms with E-state index in [4.69, 9.17) is 4.74 Å². The first kappa shape index (κ1) is 18.3. The van der Waals surface area contributed by atoms with Crippen molar-refractivity contribution in [1.82, 2.24) is 9.80 Å². The summed E-state index contributed by atoms with van der Waals surface area (Å²) in [5.41, 5.74) is 2.09. The average Bonchev–Trinajstić information content (AvgIpc) is 2.61. The van der Waals surface area contributed by atoms with Crippen molar-refractivity contribution in [2.75, 3.05) is 44.6 Å². The lowest BCUT2D eigenvalue weighted by Gasteiger charge is -2.33. The summed E-state index contributed by atoms with van der Waals surface area (Å²) in [5.74, 6) is 0.0204. The smallest absolute Gasteiger partial charge is 0.409 e. The molecule has 1 aromatic carbocycles. The Morgan fingerprint density at radius 2 is 1.75 bits per heavy atom. The molecule has 0 unspecified atom stereocenters. The molecule has 1 N–H and O–H groups in total. The van der Waals surface area contributed by atoms with Crippen LogP contribution in [0.15, 0.2) is 24.3 Å². The monoisotopic (exact) mass is 333 g/mol. The Balaban J connectivity index is 1.68. The molecule has 1 saturated heterocycles. The van der Waals surface area contributed by atoms with E-state index < -0.39 is 0 Å². The number of ether oxygens (including phenoxy) is 1. The molecule has 1 heterocycles. The molecular formula is C18H27N3O3. The maximum absolute atomic E-state index is 12.0. The molecule has 2 amide bonds. The zero-order valence-corrected chi connectivity index (χ0v) is 14.6. The predicted molar refractivity (Wildman–Crippen MR) is 94.1 cm³/mol. The highest BCUT2D eigenvalue weighted by molar-refractivity contribution is 5.90. The number of piperazine rings is 1. The minimum Gasteiger partial charge on any atom is -0.450 e. The Morgan fingerprint density at radius 1 is 1.08 bits per heavy atom. The van der Waals surface area contributed by atoms with Gasteiger partial charge in [-0.15, -0.1) is 0 Å². The second kappa shape index (κ2) is 9.27. The number of benzene rings is 1. The maximum atomic E-state index is 12.0. The van der Waals surface area contributed by atoms with Gasteiger partial charge in [0, 0.05) is 44.8 Å². The Morgan fingerprint density at radius 3 is 2.33 bits per heavy atom. The van der Waals surface area contributed by atoms with Crippen LogP contribution in [0.2, 0.25) is 0 Å². The molecular weight excluding hydrogens is 306 g/mol. The number of rotatable bonds is 6. The summed E-state index contributed by atoms with van der Waals surface area (Å²) in [5, 5.41) is 2.93. The van der Waals surface area contributed by atoms with Crippen LogP contribution in [0.5, 0.6) is 0 Å². The van der Waals surface area contributed by atoms with Gasteiger partial charge in [0.1, 0.15) is 0 Å². The summed E-state index contributed by atoms with van der Waals surface area (Å²) in [7, 11) is 0. The molecule has 0 aromatic heterocycles. The van der Waals surface area contributed by atoms with Gasteiger partial charge in [0.15, 0.2) is 0 Å². The molecule has 0 radical (unpaired) electrons. The Labute approximate surface area is 143 Å². The second-order valence-electron chi connectivity index (χ2n) is 5.88. The van der Waals surface area contributed by atoms with Gasteiger partial charge in [0.25, 0.3) is 0 Å². The number of hydrogen-bond donors (Lipinski definition) is 1. The number of anilines is 1. The minimum absolute atomic E-state index is 0.0204. The van der Waals surface area contributed by atoms with Crippen molar-refractivity contribution in [3.8, 4) is 0 Å². The minimum atomic E-state index is -0.245. The fourth-order valence-corrected chi connectivity index (χ4v) is 2.68. The van der Waals surface area contributed by atoms with Gasteiger partial charge in [0.05, 0.1) is 6.61 Å². The standard InChI is InChI=1S/C18H27N3O3/c1-3-15-5-7-16(8-6-15)19-17(22)9-10-20-11-13-21(14-12-20)18(23)24-4-2/h5-8H,3-4,9-14H2,1-2H3,(H,19,22). The van der Waals surface area contributed by atoms with Gasteiger partial charge < -0.3 is 15.0 Å². The molecule has 0 atom stereocenters. The zero-order chi connectivity index (χ0) is 17.4. The quantitative estimate of drug-likeness (QED) is 0.868. The van der Waals surface area contributed by atoms with E-state index in [2.05, 4.69) is 17.1 Å². The van der Waals surface area contributed by atoms with E-state index in [0.717, 1.165) is 25.2 Å². The van der Waals surface area contributed by atoms with Gasteiger partial charge in [-0.2, -0.15) is 0 Å². The first-order valence-electron chi connectivity index (χ1n) is 8.65. The maximum Gasteiger partial charge on any atom is 0.409 e. The molecule has 0 saturated carbocycles. The summed E-state index contributed by atoms with van der Waals surface area (Å²) in [6, 6.07) is 7.94. The normalized spacial score (nSPS) is 15.2. The highest BCUT2D eigenvalue weighted by Gasteiger charge is 2.21. The molecule has 1 fully saturated rings. The lowest BCUT2D eigenvalue weighted by atomic mass is 10.1. The van der Waals surface area contributed by atoms with Crippen molar-refractivity contribution in [2.45, 2.75) is 26.7 Å². The number of amides is 2. The SMILES string of the molecule is CCOC(=O)N1CCN(CCC(=O)Nc2ccc(CC)cc2)CC1. The number of carbonyl (C=O) groups is 2. The zero-order valence-electron chi connectivity index (χ0n) is 14.6. The lowest BCUT2D eigenvalue weighted by Crippen LogP contribution is -2.49. The third-order valence-corrected chi connectivity index (χ3v) is 4.20. The average molecular weight is 333 g/mol. The molecule has 1 aliphatic rings. The number of nitrogens with one attached hydrogen (secondary N) is 1. The van der Waals surface area contributed by atoms with Gasteiger partial charge in [0.2, 0.25) is 5.91 Å². The highest BCUT2D eigenvalue weighted by atomic mass is 16.6. The second-order valence-corrected chi connectivity index (χ2v) is 5.88. The topological polar surface area (TPSA) is 61.9 Å². The van der Waals surface area contributed by atoms with Crippen LogP contribution in [0.3, 0.4) is 0 Å². The Kier molecular flexibility index (Phi) is 7.06. The van der Waals surface area contributed by atoms with Crippen LogP contribution in [-0.2, 0) is 16.0 Å². The molecule has 1 aliphatic heterocycles. The van der Waals surface area contributed by atoms with Crippen molar-refractivity contribution < 1.29 is 14.3 Å². The lowest BCUT2D eigenvalue weighted by molar-refractivity contribution is -0.116. The molecule has 1 aromatic rings. The van der Waals surface area contributed by atoms with Gasteiger partial charge in [-0.05, 0) is 31.0 Å². The van der Waals surface area contributed by atoms with Crippen molar-refractivity contribution >= 4 is 17.7 Å². The number of aryl methyl sites for hydroxylation is 1. The van der Waals surface area contributed by atoms with E-state index in [0.29, 0.717) is 32.7 Å². The van der Waals surface area contributed by atoms with Crippen molar-refractivity contribution in [1.29, 1.82) is 0 Å². The summed E-state index contributed by atoms with van der Waals surface area (Å²) in [4.78, 5) is 27.6. The first-order valence-corrected chi connectivity index (χ1v) is 8.65. The van der Waals surface area contributed by atoms with Crippen LogP contribution in [0.25, 0.3) is 0 Å². The third-order valence-electron chi connectivity index (χ3n) is 4.20. The number of hydrogen-bond acceptors (Lipinski definition) is 4. The predicted octanol–water partition coefficient (Wildman–Crippen LogP) is 2.35. The van der Waals surface area contributed by atoms with Gasteiger partial charge in [-0.1, -0.05) is 19.1 Å². The van der Waals surface area contributed by atoms with Crippen LogP contribution < -0.4 is 5.32 Å². The fraction of sp³-hybridized carbons (Fsp3) is 0.556. The molecule has 0 bridgehead atoms. The van der Waals surface area contributed by atoms with Gasteiger partial charge >= 0.3 is 6.09 Å². The Bertz CT molecular complexity index is 537. The van der Waals surface area contributed by atoms with Crippen molar-refractivity contribution in [3.63, 3.8) is 0 Å². The molecule has 2 rings (SSSR count). The highest BCUT2D eigenvalue weighted by Crippen LogP contribution is 2.11. The van der Waals surface area contributed by atoms with Gasteiger partial charge in [-0.3, -0.25) is 9.69 Å². The van der Waals surface area contributed by atoms with Crippen LogP contribution >= 0.6 is 0 Å². The summed E-state index contributed by atoms with van der Waals surface area (Å²) < 4.78 is 5.00. The van der Waals surface area contributed by atoms with Crippen molar-refractivity contribution in [3.05, 3.63) is 29.8 Å².